The molecule has 1 aliphatic carbocycles. The Morgan fingerprint density at radius 3 is 2.50 bits per heavy atom. The largest absolute Gasteiger partial charge is 0.478 e. The third-order valence-electron chi connectivity index (χ3n) is 7.79. The van der Waals surface area contributed by atoms with Crippen molar-refractivity contribution in [2.45, 2.75) is 62.6 Å². The Labute approximate surface area is 221 Å². The van der Waals surface area contributed by atoms with E-state index >= 15 is 0 Å². The number of carbonyl (C=O) groups is 2. The average molecular weight is 534 g/mol. The summed E-state index contributed by atoms with van der Waals surface area (Å²) in [5.74, 6) is -1.37. The Bertz CT molecular complexity index is 1550. The normalized spacial score (nSPS) is 22.7. The number of carbonyl (C=O) groups excluding carboxylic acids is 1. The summed E-state index contributed by atoms with van der Waals surface area (Å²) >= 11 is 1.30. The van der Waals surface area contributed by atoms with E-state index < -0.39 is 17.8 Å². The van der Waals surface area contributed by atoms with Crippen LogP contribution in [-0.2, 0) is 4.74 Å². The van der Waals surface area contributed by atoms with Crippen LogP contribution in [0, 0.1) is 5.82 Å². The van der Waals surface area contributed by atoms with E-state index in [1.54, 1.807) is 0 Å². The van der Waals surface area contributed by atoms with E-state index in [1.807, 2.05) is 30.3 Å². The van der Waals surface area contributed by atoms with E-state index in [4.69, 9.17) is 9.26 Å². The van der Waals surface area contributed by atoms with Crippen molar-refractivity contribution in [2.24, 2.45) is 0 Å². The van der Waals surface area contributed by atoms with Crippen LogP contribution in [0.2, 0.25) is 0 Å². The van der Waals surface area contributed by atoms with Crippen LogP contribution in [0.5, 0.6) is 0 Å². The molecular weight excluding hydrogens is 509 g/mol. The van der Waals surface area contributed by atoms with Crippen molar-refractivity contribution < 1.29 is 28.3 Å². The third-order valence-corrected chi connectivity index (χ3v) is 8.80. The first-order chi connectivity index (χ1) is 18.5. The first kappa shape index (κ1) is 23.3. The van der Waals surface area contributed by atoms with E-state index in [2.05, 4.69) is 15.0 Å². The van der Waals surface area contributed by atoms with E-state index in [1.165, 1.54) is 17.4 Å². The summed E-state index contributed by atoms with van der Waals surface area (Å²) in [6.07, 6.45) is 4.83. The molecule has 38 heavy (non-hydrogen) atoms. The van der Waals surface area contributed by atoms with Gasteiger partial charge in [0, 0.05) is 36.4 Å². The molecule has 0 spiro atoms. The first-order valence-corrected chi connectivity index (χ1v) is 13.7. The monoisotopic (exact) mass is 533 g/mol. The molecule has 2 saturated heterocycles. The number of carboxylic acids is 1. The lowest BCUT2D eigenvalue weighted by Crippen LogP contribution is -2.46. The van der Waals surface area contributed by atoms with Gasteiger partial charge in [0.1, 0.15) is 22.9 Å². The number of aromatic carboxylic acids is 1. The molecule has 2 aromatic heterocycles. The Morgan fingerprint density at radius 2 is 1.82 bits per heavy atom. The number of ether oxygens (including phenoxy) is 1. The fourth-order valence-electron chi connectivity index (χ4n) is 5.87. The lowest BCUT2D eigenvalue weighted by Gasteiger charge is -2.38. The molecule has 3 aliphatic rings. The van der Waals surface area contributed by atoms with Crippen LogP contribution in [-0.4, -0.2) is 45.4 Å². The Morgan fingerprint density at radius 1 is 1.08 bits per heavy atom. The highest BCUT2D eigenvalue weighted by molar-refractivity contribution is 7.22. The Hall–Kier alpha value is -3.79. The Balaban J connectivity index is 1.12. The number of carboxylic acid groups (broad SMARTS) is 1. The molecule has 4 aromatic rings. The minimum absolute atomic E-state index is 0.0898. The highest BCUT2D eigenvalue weighted by atomic mass is 32.1. The second kappa shape index (κ2) is 8.90. The molecule has 0 unspecified atom stereocenters. The fraction of sp³-hybridized carbons (Fsp3) is 0.357. The number of esters is 1. The number of anilines is 1. The summed E-state index contributed by atoms with van der Waals surface area (Å²) in [5, 5.41) is 14.2. The first-order valence-electron chi connectivity index (χ1n) is 12.8. The number of halogens is 1. The number of piperidine rings is 1. The smallest absolute Gasteiger partial charge is 0.344 e. The number of fused-ring (bicyclic) bond motifs is 3. The number of nitrogens with zero attached hydrogens (tertiary/aromatic N) is 3. The maximum Gasteiger partial charge on any atom is 0.344 e. The molecule has 8 nitrogen and oxygen atoms in total. The van der Waals surface area contributed by atoms with Gasteiger partial charge in [0.05, 0.1) is 10.3 Å². The predicted octanol–water partition coefficient (Wildman–Crippen LogP) is 6.02. The Kier molecular flexibility index (Phi) is 5.47. The van der Waals surface area contributed by atoms with E-state index in [0.29, 0.717) is 39.7 Å². The number of rotatable bonds is 6. The zero-order chi connectivity index (χ0) is 26.0. The van der Waals surface area contributed by atoms with Gasteiger partial charge in [0.25, 0.3) is 0 Å². The van der Waals surface area contributed by atoms with Crippen LogP contribution >= 0.6 is 11.3 Å². The van der Waals surface area contributed by atoms with Gasteiger partial charge in [-0.2, -0.15) is 0 Å². The van der Waals surface area contributed by atoms with E-state index in [9.17, 15) is 19.1 Å². The third kappa shape index (κ3) is 3.94. The van der Waals surface area contributed by atoms with Gasteiger partial charge in [0.15, 0.2) is 16.7 Å². The molecule has 2 aliphatic heterocycles. The van der Waals surface area contributed by atoms with Gasteiger partial charge in [-0.05, 0) is 37.8 Å². The van der Waals surface area contributed by atoms with Gasteiger partial charge in [-0.25, -0.2) is 19.0 Å². The van der Waals surface area contributed by atoms with Crippen molar-refractivity contribution in [3.63, 3.8) is 0 Å². The van der Waals surface area contributed by atoms with Crippen LogP contribution < -0.4 is 4.90 Å². The maximum absolute atomic E-state index is 14.6. The molecule has 3 fully saturated rings. The van der Waals surface area contributed by atoms with Gasteiger partial charge in [-0.1, -0.05) is 46.8 Å². The molecule has 3 atom stereocenters. The summed E-state index contributed by atoms with van der Waals surface area (Å²) in [4.78, 5) is 31.6. The van der Waals surface area contributed by atoms with Crippen LogP contribution in [0.1, 0.15) is 70.9 Å². The summed E-state index contributed by atoms with van der Waals surface area (Å²) in [5.41, 5.74) is 1.88. The molecular formula is C28H24FN3O5S. The standard InChI is InChI=1S/C28H24FN3O5S/c29-20-10-16(26(33)34)11-21-24(20)30-28(38-21)32-17-8-9-18(32)13-19(12-17)36-27(35)22-23(14-4-2-1-3-5-14)31-37-25(22)15-6-7-15/h1-5,10-11,15,17-19H,6-9,12-13H2,(H,33,34)/t17-,18+,19-. The highest BCUT2D eigenvalue weighted by Crippen LogP contribution is 2.46. The molecule has 2 bridgehead atoms. The molecule has 1 saturated carbocycles. The molecule has 2 aromatic carbocycles. The second-order valence-electron chi connectivity index (χ2n) is 10.3. The summed E-state index contributed by atoms with van der Waals surface area (Å²) in [6.45, 7) is 0. The summed E-state index contributed by atoms with van der Waals surface area (Å²) < 4.78 is 26.8. The van der Waals surface area contributed by atoms with Crippen molar-refractivity contribution in [2.75, 3.05) is 4.90 Å². The maximum atomic E-state index is 14.6. The zero-order valence-electron chi connectivity index (χ0n) is 20.3. The number of thiazole rings is 1. The van der Waals surface area contributed by atoms with Crippen molar-refractivity contribution in [1.82, 2.24) is 10.1 Å². The second-order valence-corrected chi connectivity index (χ2v) is 11.3. The lowest BCUT2D eigenvalue weighted by molar-refractivity contribution is 0.0202. The average Bonchev–Trinajstić information content (AvgIpc) is 3.39. The van der Waals surface area contributed by atoms with Gasteiger partial charge in [-0.3, -0.25) is 0 Å². The quantitative estimate of drug-likeness (QED) is 0.300. The van der Waals surface area contributed by atoms with Crippen LogP contribution in [0.4, 0.5) is 9.52 Å². The van der Waals surface area contributed by atoms with Crippen LogP contribution in [0.3, 0.4) is 0 Å². The highest BCUT2D eigenvalue weighted by Gasteiger charge is 2.44. The number of hydrogen-bond acceptors (Lipinski definition) is 8. The van der Waals surface area contributed by atoms with Gasteiger partial charge < -0.3 is 19.3 Å². The molecule has 194 valence electrons. The summed E-state index contributed by atoms with van der Waals surface area (Å²) in [6, 6.07) is 12.2. The number of aromatic nitrogens is 2. The van der Waals surface area contributed by atoms with Crippen molar-refractivity contribution in [3.8, 4) is 11.3 Å². The molecule has 10 heteroatoms. The topological polar surface area (TPSA) is 106 Å². The molecule has 0 amide bonds. The van der Waals surface area contributed by atoms with Crippen molar-refractivity contribution >= 4 is 38.6 Å². The van der Waals surface area contributed by atoms with E-state index in [0.717, 1.165) is 37.3 Å². The number of benzene rings is 2. The summed E-state index contributed by atoms with van der Waals surface area (Å²) in [7, 11) is 0. The lowest BCUT2D eigenvalue weighted by atomic mass is 9.99. The molecule has 1 N–H and O–H groups in total. The van der Waals surface area contributed by atoms with Crippen molar-refractivity contribution in [3.05, 3.63) is 65.2 Å². The minimum Gasteiger partial charge on any atom is -0.478 e. The van der Waals surface area contributed by atoms with Gasteiger partial charge in [-0.15, -0.1) is 0 Å². The fourth-order valence-corrected chi connectivity index (χ4v) is 7.04. The zero-order valence-corrected chi connectivity index (χ0v) is 21.1. The molecule has 7 rings (SSSR count). The number of hydrogen-bond donors (Lipinski definition) is 1. The molecule has 0 radical (unpaired) electrons. The molecule has 4 heterocycles. The van der Waals surface area contributed by atoms with Crippen molar-refractivity contribution in [1.29, 1.82) is 0 Å². The predicted molar refractivity (Wildman–Crippen MR) is 138 cm³/mol. The van der Waals surface area contributed by atoms with Crippen LogP contribution in [0.15, 0.2) is 47.0 Å². The van der Waals surface area contributed by atoms with Gasteiger partial charge in [0.2, 0.25) is 0 Å². The van der Waals surface area contributed by atoms with Crippen LogP contribution in [0.25, 0.3) is 21.5 Å². The minimum atomic E-state index is -1.17. The SMILES string of the molecule is O=C(O)c1cc(F)c2nc(N3[C@@H]4CC[C@H]3C[C@H](OC(=O)c3c(-c5ccccc5)noc3C3CC3)C4)sc2c1. The van der Waals surface area contributed by atoms with E-state index in [-0.39, 0.29) is 35.2 Å². The van der Waals surface area contributed by atoms with Gasteiger partial charge >= 0.3 is 11.9 Å².